The van der Waals surface area contributed by atoms with Crippen LogP contribution in [0.15, 0.2) is 215 Å². The quantitative estimate of drug-likeness (QED) is 0.0352. The third kappa shape index (κ3) is 25.6. The van der Waals surface area contributed by atoms with Crippen LogP contribution in [0.3, 0.4) is 0 Å². The van der Waals surface area contributed by atoms with Gasteiger partial charge >= 0.3 is 36.2 Å². The molecule has 12 rings (SSSR count). The Morgan fingerprint density at radius 3 is 0.803 bits per heavy atom. The summed E-state index contributed by atoms with van der Waals surface area (Å²) in [6, 6.07) is 57.8. The van der Waals surface area contributed by atoms with Crippen molar-refractivity contribution in [2.45, 2.75) is 153 Å². The Morgan fingerprint density at radius 2 is 0.591 bits per heavy atom. The maximum absolute atomic E-state index is 13.7. The molecule has 9 aromatic rings. The zero-order valence-electron chi connectivity index (χ0n) is 74.2. The number of aryl methyl sites for hydroxylation is 9. The maximum Gasteiger partial charge on any atom is 0.415 e. The first-order valence-electron chi connectivity index (χ1n) is 41.8. The Morgan fingerprint density at radius 1 is 0.362 bits per heavy atom. The number of aliphatic carboxylic acids is 3. The van der Waals surface area contributed by atoms with Crippen LogP contribution in [0.5, 0.6) is 34.5 Å². The molecule has 3 fully saturated rings. The minimum absolute atomic E-state index is 0.0598. The van der Waals surface area contributed by atoms with Gasteiger partial charge in [-0.15, -0.1) is 0 Å². The van der Waals surface area contributed by atoms with Gasteiger partial charge in [-0.25, -0.2) is 37.2 Å². The van der Waals surface area contributed by atoms with Gasteiger partial charge in [0.25, 0.3) is 0 Å². The fourth-order valence-corrected chi connectivity index (χ4v) is 17.6. The van der Waals surface area contributed by atoms with Crippen molar-refractivity contribution in [3.05, 3.63) is 267 Å². The molecule has 3 heterocycles. The molecule has 2 unspecified atom stereocenters. The zero-order valence-corrected chi connectivity index (χ0v) is 76.6. The fourth-order valence-electron chi connectivity index (χ4n) is 15.9. The van der Waals surface area contributed by atoms with Gasteiger partial charge in [0.1, 0.15) is 34.5 Å². The molecule has 0 saturated carbocycles. The van der Waals surface area contributed by atoms with Gasteiger partial charge < -0.3 is 58.4 Å². The number of sulfone groups is 1. The maximum atomic E-state index is 13.7. The Kier molecular flexibility index (Phi) is 32.1. The summed E-state index contributed by atoms with van der Waals surface area (Å²) in [7, 11) is -5.70. The summed E-state index contributed by atoms with van der Waals surface area (Å²) in [6.07, 6.45) is 6.63. The molecule has 0 radical (unpaired) electrons. The van der Waals surface area contributed by atoms with Crippen molar-refractivity contribution < 1.29 is 104 Å². The fraction of sp³-hybridized carbons (Fsp3) is 0.364. The van der Waals surface area contributed by atoms with E-state index >= 15 is 0 Å². The van der Waals surface area contributed by atoms with E-state index in [0.29, 0.717) is 119 Å². The number of rotatable bonds is 30. The summed E-state index contributed by atoms with van der Waals surface area (Å²) in [5.74, 6) is -2.26. The van der Waals surface area contributed by atoms with E-state index in [2.05, 4.69) is 0 Å². The Bertz CT molecular complexity index is 5390. The monoisotopic (exact) mass is 1790 g/mol. The van der Waals surface area contributed by atoms with Crippen LogP contribution in [0.4, 0.5) is 14.4 Å². The van der Waals surface area contributed by atoms with Gasteiger partial charge in [-0.1, -0.05) is 127 Å². The van der Waals surface area contributed by atoms with Gasteiger partial charge in [-0.2, -0.15) is 0 Å². The van der Waals surface area contributed by atoms with Crippen molar-refractivity contribution in [2.75, 3.05) is 58.0 Å². The number of nitrogens with zero attached hydrogens (tertiary/aromatic N) is 3. The highest BCUT2D eigenvalue weighted by atomic mass is 32.2. The van der Waals surface area contributed by atoms with Crippen molar-refractivity contribution in [2.24, 2.45) is 35.5 Å². The lowest BCUT2D eigenvalue weighted by atomic mass is 9.84. The predicted molar refractivity (Wildman–Crippen MR) is 483 cm³/mol. The van der Waals surface area contributed by atoms with Gasteiger partial charge in [0.05, 0.1) is 4.90 Å². The number of likely N-dealkylation sites (tertiary alicyclic amines) is 3. The van der Waals surface area contributed by atoms with E-state index in [-0.39, 0.29) is 59.6 Å². The van der Waals surface area contributed by atoms with Crippen LogP contribution in [0, 0.1) is 77.0 Å². The van der Waals surface area contributed by atoms with Crippen LogP contribution in [0.1, 0.15) is 142 Å². The lowest BCUT2D eigenvalue weighted by Crippen LogP contribution is -2.38. The van der Waals surface area contributed by atoms with E-state index in [9.17, 15) is 75.3 Å². The molecular formula is C99H111N3O22S3. The molecule has 0 aliphatic carbocycles. The average molecular weight is 1790 g/mol. The van der Waals surface area contributed by atoms with Crippen molar-refractivity contribution in [3.63, 3.8) is 0 Å². The average Bonchev–Trinajstić information content (AvgIpc) is 1.70. The molecule has 28 heteroatoms. The van der Waals surface area contributed by atoms with Crippen molar-refractivity contribution >= 4 is 85.0 Å². The molecule has 0 aromatic heterocycles. The summed E-state index contributed by atoms with van der Waals surface area (Å²) >= 11 is 0. The smallest absolute Gasteiger partial charge is 0.415 e. The number of Topliss-reactive ketones (excluding diaryl/α,β-unsaturated/α-hetero) is 3. The van der Waals surface area contributed by atoms with Crippen molar-refractivity contribution in [1.82, 2.24) is 14.7 Å². The highest BCUT2D eigenvalue weighted by Crippen LogP contribution is 2.39. The number of amides is 3. The number of ketones is 3. The summed E-state index contributed by atoms with van der Waals surface area (Å²) in [4.78, 5) is 121. The van der Waals surface area contributed by atoms with Crippen molar-refractivity contribution in [1.29, 1.82) is 0 Å². The molecular weight excluding hydrogens is 1680 g/mol. The molecule has 9 aromatic carbocycles. The second kappa shape index (κ2) is 42.0. The topological polar surface area (TPSA) is 348 Å². The summed E-state index contributed by atoms with van der Waals surface area (Å²) < 4.78 is 81.7. The van der Waals surface area contributed by atoms with Crippen LogP contribution >= 0.6 is 0 Å². The minimum atomic E-state index is -3.41. The van der Waals surface area contributed by atoms with Crippen LogP contribution in [-0.4, -0.2) is 175 Å². The van der Waals surface area contributed by atoms with Crippen LogP contribution < -0.4 is 28.4 Å². The first-order valence-corrected chi connectivity index (χ1v) is 46.8. The summed E-state index contributed by atoms with van der Waals surface area (Å²) in [6.45, 7) is 22.1. The molecule has 8 atom stereocenters. The van der Waals surface area contributed by atoms with E-state index in [4.69, 9.17) is 28.4 Å². The van der Waals surface area contributed by atoms with Gasteiger partial charge in [0.15, 0.2) is 44.0 Å². The first kappa shape index (κ1) is 97.1. The number of hydrogen-bond acceptors (Lipinski definition) is 19. The molecule has 672 valence electrons. The van der Waals surface area contributed by atoms with E-state index in [1.807, 2.05) is 96.1 Å². The lowest BCUT2D eigenvalue weighted by molar-refractivity contribution is -0.152. The second-order valence-electron chi connectivity index (χ2n) is 34.2. The second-order valence-corrected chi connectivity index (χ2v) is 39.0. The number of benzene rings is 9. The number of carboxylic acid groups (broad SMARTS) is 3. The van der Waals surface area contributed by atoms with Crippen LogP contribution in [0.25, 0.3) is 0 Å². The highest BCUT2D eigenvalue weighted by Gasteiger charge is 2.44. The Labute approximate surface area is 746 Å². The molecule has 25 nitrogen and oxygen atoms in total. The van der Waals surface area contributed by atoms with Crippen molar-refractivity contribution in [3.8, 4) is 34.5 Å². The summed E-state index contributed by atoms with van der Waals surface area (Å²) in [5.41, 5.74) is 5.34. The number of para-hydroxylation sites is 3. The number of carboxylic acids is 3. The largest absolute Gasteiger partial charge is 0.478 e. The van der Waals surface area contributed by atoms with Gasteiger partial charge in [0, 0.05) is 124 Å². The lowest BCUT2D eigenvalue weighted by Gasteiger charge is -2.25. The molecule has 0 spiro atoms. The number of ether oxygens (including phenoxy) is 6. The molecule has 127 heavy (non-hydrogen) atoms. The van der Waals surface area contributed by atoms with Crippen LogP contribution in [-0.2, 0) is 65.1 Å². The van der Waals surface area contributed by atoms with E-state index in [0.717, 1.165) is 56.3 Å². The normalized spacial score (nSPS) is 17.3. The third-order valence-corrected chi connectivity index (χ3v) is 26.1. The van der Waals surface area contributed by atoms with E-state index in [1.165, 1.54) is 65.8 Å². The Hall–Kier alpha value is -12.1. The molecule has 3 aliphatic rings. The molecule has 3 amide bonds. The van der Waals surface area contributed by atoms with Gasteiger partial charge in [-0.05, 0) is 262 Å². The zero-order chi connectivity index (χ0) is 92.7. The standard InChI is InChI=1S/C33H37NO8S.2C33H37NO7S/c1-21-17-23(18-22(2)30(21)42-33(3,4)31(36)37)11-12-25-19-34(32(38)41-26-9-7-6-8-10-26)20-28(25)29(35)24-13-15-27(16-14-24)43(5,39)40;2*1-21-17-23(18-22(2)30(21)41-33(3,4)31(36)37)11-12-25-19-34(32(38)40-26-9-7-6-8-10-26)20-28(25)29(35)24-13-15-27(16-14-24)42(5)39/h6-10,13-18,25,28H,11-12,19-20H2,1-5H3,(H,36,37);2*6-10,13-18,25,28H,11-12,19-20H2,1-5H3,(H,36,37)/t25-,28-;2*25-,28-,42?/m010/s1. The number of carbonyl (C=O) groups is 9. The molecule has 3 saturated heterocycles. The first-order chi connectivity index (χ1) is 59.9. The minimum Gasteiger partial charge on any atom is -0.478 e. The number of carbonyl (C=O) groups excluding carboxylic acids is 6. The summed E-state index contributed by atoms with van der Waals surface area (Å²) in [5, 5.41) is 28.4. The molecule has 3 N–H and O–H groups in total. The van der Waals surface area contributed by atoms with E-state index in [1.54, 1.807) is 149 Å². The predicted octanol–water partition coefficient (Wildman–Crippen LogP) is 17.2. The van der Waals surface area contributed by atoms with Crippen LogP contribution in [0.2, 0.25) is 0 Å². The molecule has 0 bridgehead atoms. The molecule has 3 aliphatic heterocycles. The third-order valence-electron chi connectivity index (χ3n) is 23.1. The number of hydrogen-bond donors (Lipinski definition) is 3. The highest BCUT2D eigenvalue weighted by molar-refractivity contribution is 7.90. The van der Waals surface area contributed by atoms with Gasteiger partial charge in [0.2, 0.25) is 0 Å². The van der Waals surface area contributed by atoms with Gasteiger partial charge in [-0.3, -0.25) is 22.8 Å². The SMILES string of the molecule is Cc1cc(CC[C@@H]2CN(C(=O)Oc3ccccc3)C[C@H]2C(=O)c2ccc(S(C)=O)cc2)cc(C)c1OC(C)(C)C(=O)O.Cc1cc(CC[C@H]2CN(C(=O)Oc3ccccc3)C[C@@H]2C(=O)c2ccc(S(C)(=O)=O)cc2)cc(C)c1OC(C)(C)C(=O)O.Cc1cc(CC[C@H]2CN(C(=O)Oc3ccccc3)C[C@@H]2C(=O)c2ccc(S(C)=O)cc2)cc(C)c1OC(C)(C)C(=O)O. The van der Waals surface area contributed by atoms with E-state index < -0.39 is 102 Å². The Balaban J connectivity index is 0.000000199.